The summed E-state index contributed by atoms with van der Waals surface area (Å²) >= 11 is 0. The Morgan fingerprint density at radius 3 is 2.38 bits per heavy atom. The maximum absolute atomic E-state index is 4.64. The van der Waals surface area contributed by atoms with Gasteiger partial charge in [0.25, 0.3) is 0 Å². The first-order valence-electron chi connectivity index (χ1n) is 6.25. The van der Waals surface area contributed by atoms with Crippen LogP contribution in [-0.4, -0.2) is 16.5 Å². The number of hydrogen-bond acceptors (Lipinski definition) is 3. The van der Waals surface area contributed by atoms with Gasteiger partial charge in [-0.2, -0.15) is 0 Å². The van der Waals surface area contributed by atoms with Crippen molar-refractivity contribution in [2.24, 2.45) is 0 Å². The molecule has 0 fully saturated rings. The quantitative estimate of drug-likeness (QED) is 0.829. The number of aryl methyl sites for hydroxylation is 1. The number of nitrogens with zero attached hydrogens (tertiary/aromatic N) is 2. The molecule has 1 N–H and O–H groups in total. The lowest BCUT2D eigenvalue weighted by Gasteiger charge is -2.15. The van der Waals surface area contributed by atoms with Gasteiger partial charge in [0, 0.05) is 23.7 Å². The molecule has 90 valence electrons. The zero-order valence-corrected chi connectivity index (χ0v) is 11.1. The number of rotatable bonds is 5. The van der Waals surface area contributed by atoms with E-state index < -0.39 is 0 Å². The molecule has 0 spiro atoms. The van der Waals surface area contributed by atoms with Crippen molar-refractivity contribution < 1.29 is 0 Å². The third-order valence-corrected chi connectivity index (χ3v) is 2.98. The number of anilines is 1. The van der Waals surface area contributed by atoms with Gasteiger partial charge in [0.05, 0.1) is 0 Å². The predicted molar refractivity (Wildman–Crippen MR) is 69.0 cm³/mol. The van der Waals surface area contributed by atoms with Crippen LogP contribution in [0.2, 0.25) is 0 Å². The average Bonchev–Trinajstić information content (AvgIpc) is 2.28. The molecule has 1 heterocycles. The van der Waals surface area contributed by atoms with Crippen LogP contribution in [0.3, 0.4) is 0 Å². The second-order valence-corrected chi connectivity index (χ2v) is 4.19. The molecule has 0 radical (unpaired) electrons. The van der Waals surface area contributed by atoms with E-state index in [0.717, 1.165) is 36.7 Å². The molecule has 0 bridgehead atoms. The fourth-order valence-electron chi connectivity index (χ4n) is 1.76. The van der Waals surface area contributed by atoms with E-state index in [0.29, 0.717) is 5.92 Å². The highest BCUT2D eigenvalue weighted by molar-refractivity contribution is 5.46. The summed E-state index contributed by atoms with van der Waals surface area (Å²) in [5.74, 6) is 2.42. The van der Waals surface area contributed by atoms with Gasteiger partial charge in [-0.05, 0) is 26.7 Å². The van der Waals surface area contributed by atoms with Crippen LogP contribution in [0.4, 0.5) is 5.82 Å². The first-order chi connectivity index (χ1) is 7.63. The van der Waals surface area contributed by atoms with Gasteiger partial charge >= 0.3 is 0 Å². The molecule has 1 aromatic rings. The Kier molecular flexibility index (Phi) is 4.71. The molecular weight excluding hydrogens is 198 g/mol. The third-order valence-electron chi connectivity index (χ3n) is 2.98. The molecule has 16 heavy (non-hydrogen) atoms. The fourth-order valence-corrected chi connectivity index (χ4v) is 1.76. The number of hydrogen-bond donors (Lipinski definition) is 1. The van der Waals surface area contributed by atoms with Crippen molar-refractivity contribution in [3.05, 3.63) is 17.1 Å². The van der Waals surface area contributed by atoms with E-state index in [1.165, 1.54) is 5.56 Å². The van der Waals surface area contributed by atoms with Crippen LogP contribution in [0, 0.1) is 6.92 Å². The maximum Gasteiger partial charge on any atom is 0.133 e. The minimum atomic E-state index is 0.432. The minimum absolute atomic E-state index is 0.432. The predicted octanol–water partition coefficient (Wildman–Crippen LogP) is 3.29. The molecule has 3 nitrogen and oxygen atoms in total. The zero-order chi connectivity index (χ0) is 12.1. The summed E-state index contributed by atoms with van der Waals surface area (Å²) in [7, 11) is 0. The Balaban J connectivity index is 3.16. The van der Waals surface area contributed by atoms with E-state index >= 15 is 0 Å². The van der Waals surface area contributed by atoms with Crippen molar-refractivity contribution >= 4 is 5.82 Å². The third kappa shape index (κ3) is 2.71. The highest BCUT2D eigenvalue weighted by atomic mass is 15.0. The fraction of sp³-hybridized carbons (Fsp3) is 0.692. The second-order valence-electron chi connectivity index (χ2n) is 4.19. The second kappa shape index (κ2) is 5.83. The van der Waals surface area contributed by atoms with E-state index in [4.69, 9.17) is 0 Å². The molecular formula is C13H23N3. The summed E-state index contributed by atoms with van der Waals surface area (Å²) < 4.78 is 0. The molecule has 0 aliphatic carbocycles. The molecule has 0 saturated heterocycles. The minimum Gasteiger partial charge on any atom is -0.370 e. The Labute approximate surface area is 98.7 Å². The van der Waals surface area contributed by atoms with E-state index in [1.807, 2.05) is 0 Å². The molecule has 1 aromatic heterocycles. The largest absolute Gasteiger partial charge is 0.370 e. The highest BCUT2D eigenvalue weighted by Crippen LogP contribution is 2.21. The lowest BCUT2D eigenvalue weighted by atomic mass is 10.1. The van der Waals surface area contributed by atoms with E-state index in [-0.39, 0.29) is 0 Å². The molecule has 0 saturated carbocycles. The lowest BCUT2D eigenvalue weighted by Crippen LogP contribution is -2.11. The maximum atomic E-state index is 4.64. The van der Waals surface area contributed by atoms with Crippen molar-refractivity contribution in [1.82, 2.24) is 9.97 Å². The lowest BCUT2D eigenvalue weighted by molar-refractivity contribution is 0.672. The summed E-state index contributed by atoms with van der Waals surface area (Å²) in [4.78, 5) is 9.25. The van der Waals surface area contributed by atoms with Gasteiger partial charge in [0.2, 0.25) is 0 Å². The monoisotopic (exact) mass is 221 g/mol. The first kappa shape index (κ1) is 12.9. The molecule has 0 amide bonds. The normalized spacial score (nSPS) is 12.6. The van der Waals surface area contributed by atoms with E-state index in [9.17, 15) is 0 Å². The van der Waals surface area contributed by atoms with Gasteiger partial charge < -0.3 is 5.32 Å². The van der Waals surface area contributed by atoms with Crippen molar-refractivity contribution in [2.75, 3.05) is 11.9 Å². The van der Waals surface area contributed by atoms with Crippen LogP contribution < -0.4 is 5.32 Å². The van der Waals surface area contributed by atoms with Crippen LogP contribution in [0.1, 0.15) is 57.1 Å². The molecule has 0 aliphatic heterocycles. The number of aromatic nitrogens is 2. The van der Waals surface area contributed by atoms with Gasteiger partial charge in [-0.3, -0.25) is 0 Å². The van der Waals surface area contributed by atoms with Gasteiger partial charge in [-0.25, -0.2) is 9.97 Å². The molecule has 1 rings (SSSR count). The van der Waals surface area contributed by atoms with E-state index in [1.54, 1.807) is 0 Å². The van der Waals surface area contributed by atoms with Crippen LogP contribution in [-0.2, 0) is 6.42 Å². The molecule has 0 aromatic carbocycles. The van der Waals surface area contributed by atoms with Crippen LogP contribution >= 0.6 is 0 Å². The van der Waals surface area contributed by atoms with Crippen molar-refractivity contribution in [3.8, 4) is 0 Å². The van der Waals surface area contributed by atoms with Crippen molar-refractivity contribution in [1.29, 1.82) is 0 Å². The Bertz CT molecular complexity index is 347. The summed E-state index contributed by atoms with van der Waals surface area (Å²) in [5, 5.41) is 3.34. The van der Waals surface area contributed by atoms with Gasteiger partial charge in [-0.1, -0.05) is 20.8 Å². The Morgan fingerprint density at radius 2 is 1.88 bits per heavy atom. The van der Waals surface area contributed by atoms with Gasteiger partial charge in [0.1, 0.15) is 11.6 Å². The van der Waals surface area contributed by atoms with Gasteiger partial charge in [0.15, 0.2) is 0 Å². The van der Waals surface area contributed by atoms with Crippen LogP contribution in [0.5, 0.6) is 0 Å². The molecule has 0 aliphatic rings. The topological polar surface area (TPSA) is 37.8 Å². The Morgan fingerprint density at radius 1 is 1.19 bits per heavy atom. The van der Waals surface area contributed by atoms with Crippen molar-refractivity contribution in [3.63, 3.8) is 0 Å². The molecule has 1 atom stereocenters. The van der Waals surface area contributed by atoms with E-state index in [2.05, 4.69) is 49.9 Å². The summed E-state index contributed by atoms with van der Waals surface area (Å²) in [6.45, 7) is 11.6. The smallest absolute Gasteiger partial charge is 0.133 e. The molecule has 1 unspecified atom stereocenters. The zero-order valence-electron chi connectivity index (χ0n) is 11.1. The average molecular weight is 221 g/mol. The molecule has 3 heteroatoms. The standard InChI is InChI=1S/C13H23N3/c1-6-9(4)12-15-10(5)11(7-2)13(16-12)14-8-3/h9H,6-8H2,1-5H3,(H,14,15,16). The number of nitrogens with one attached hydrogen (secondary N) is 1. The summed E-state index contributed by atoms with van der Waals surface area (Å²) in [6.07, 6.45) is 2.06. The highest BCUT2D eigenvalue weighted by Gasteiger charge is 2.13. The first-order valence-corrected chi connectivity index (χ1v) is 6.25. The summed E-state index contributed by atoms with van der Waals surface area (Å²) in [6, 6.07) is 0. The van der Waals surface area contributed by atoms with Crippen LogP contribution in [0.25, 0.3) is 0 Å². The van der Waals surface area contributed by atoms with Crippen LogP contribution in [0.15, 0.2) is 0 Å². The summed E-state index contributed by atoms with van der Waals surface area (Å²) in [5.41, 5.74) is 2.36. The van der Waals surface area contributed by atoms with Crippen molar-refractivity contribution in [2.45, 2.75) is 53.4 Å². The Hall–Kier alpha value is -1.12. The van der Waals surface area contributed by atoms with Gasteiger partial charge in [-0.15, -0.1) is 0 Å². The SMILES string of the molecule is CCNc1nc(C(C)CC)nc(C)c1CC.